The van der Waals surface area contributed by atoms with Crippen LogP contribution in [0.2, 0.25) is 0 Å². The van der Waals surface area contributed by atoms with Gasteiger partial charge >= 0.3 is 7.12 Å². The number of pyridine rings is 1. The largest absolute Gasteiger partial charge is 0.487 e. The zero-order valence-corrected chi connectivity index (χ0v) is 12.2. The summed E-state index contributed by atoms with van der Waals surface area (Å²) in [5, 5.41) is 0. The molecule has 1 fully saturated rings. The molecule has 1 aliphatic heterocycles. The van der Waals surface area contributed by atoms with Crippen molar-refractivity contribution in [2.45, 2.75) is 45.8 Å². The highest BCUT2D eigenvalue weighted by molar-refractivity contribution is 6.52. The van der Waals surface area contributed by atoms with Crippen LogP contribution in [0.4, 0.5) is 5.82 Å². The fraction of sp³-hybridized carbons (Fsp3) is 0.500. The molecular formula is C14H21BN2O2. The van der Waals surface area contributed by atoms with E-state index in [0.717, 1.165) is 11.1 Å². The fourth-order valence-electron chi connectivity index (χ4n) is 1.90. The van der Waals surface area contributed by atoms with Gasteiger partial charge in [0.05, 0.1) is 11.2 Å². The maximum atomic E-state index is 5.90. The van der Waals surface area contributed by atoms with Gasteiger partial charge < -0.3 is 15.0 Å². The fourth-order valence-corrected chi connectivity index (χ4v) is 1.90. The Labute approximate surface area is 115 Å². The predicted molar refractivity (Wildman–Crippen MR) is 78.5 cm³/mol. The number of nitrogen functional groups attached to an aromatic ring is 1. The highest BCUT2D eigenvalue weighted by atomic mass is 16.7. The molecule has 102 valence electrons. The van der Waals surface area contributed by atoms with Gasteiger partial charge in [-0.3, -0.25) is 0 Å². The first-order chi connectivity index (χ1) is 8.73. The van der Waals surface area contributed by atoms with Crippen LogP contribution < -0.4 is 5.73 Å². The molecule has 1 saturated heterocycles. The summed E-state index contributed by atoms with van der Waals surface area (Å²) in [6, 6.07) is 1.92. The van der Waals surface area contributed by atoms with E-state index in [4.69, 9.17) is 15.0 Å². The number of aromatic nitrogens is 1. The lowest BCUT2D eigenvalue weighted by Crippen LogP contribution is -2.41. The van der Waals surface area contributed by atoms with Gasteiger partial charge in [0, 0.05) is 6.20 Å². The minimum atomic E-state index is -0.334. The molecule has 19 heavy (non-hydrogen) atoms. The van der Waals surface area contributed by atoms with Crippen molar-refractivity contribution in [2.75, 3.05) is 5.73 Å². The first-order valence-electron chi connectivity index (χ1n) is 6.48. The highest BCUT2D eigenvalue weighted by Crippen LogP contribution is 2.37. The predicted octanol–water partition coefficient (Wildman–Crippen LogP) is 2.62. The molecule has 0 amide bonds. The quantitative estimate of drug-likeness (QED) is 0.830. The summed E-state index contributed by atoms with van der Waals surface area (Å²) in [4.78, 5) is 4.05. The van der Waals surface area contributed by atoms with Crippen LogP contribution in [0, 0.1) is 6.92 Å². The number of nitrogens with two attached hydrogens (primary N) is 1. The van der Waals surface area contributed by atoms with Gasteiger partial charge in [-0.2, -0.15) is 0 Å². The monoisotopic (exact) mass is 260 g/mol. The molecule has 0 aromatic carbocycles. The third-order valence-electron chi connectivity index (χ3n) is 3.99. The molecule has 2 heterocycles. The molecule has 4 nitrogen and oxygen atoms in total. The van der Waals surface area contributed by atoms with Crippen LogP contribution in [-0.4, -0.2) is 23.3 Å². The van der Waals surface area contributed by atoms with Crippen LogP contribution in [-0.2, 0) is 9.31 Å². The Morgan fingerprint density at radius 2 is 1.79 bits per heavy atom. The van der Waals surface area contributed by atoms with E-state index >= 15 is 0 Å². The van der Waals surface area contributed by atoms with Crippen LogP contribution in [0.25, 0.3) is 6.08 Å². The number of anilines is 1. The van der Waals surface area contributed by atoms with Crippen molar-refractivity contribution in [2.24, 2.45) is 0 Å². The first-order valence-corrected chi connectivity index (χ1v) is 6.48. The van der Waals surface area contributed by atoms with E-state index < -0.39 is 0 Å². The second-order valence-corrected chi connectivity index (χ2v) is 5.89. The summed E-state index contributed by atoms with van der Waals surface area (Å²) in [5.74, 6) is 2.47. The second kappa shape index (κ2) is 4.65. The average Bonchev–Trinajstić information content (AvgIpc) is 2.50. The Morgan fingerprint density at radius 3 is 2.37 bits per heavy atom. The molecule has 0 radical (unpaired) electrons. The molecule has 5 heteroatoms. The lowest BCUT2D eigenvalue weighted by molar-refractivity contribution is 0.00578. The highest BCUT2D eigenvalue weighted by Gasteiger charge is 2.49. The summed E-state index contributed by atoms with van der Waals surface area (Å²) >= 11 is 0. The Kier molecular flexibility index (Phi) is 3.45. The van der Waals surface area contributed by atoms with E-state index in [0.29, 0.717) is 5.82 Å². The lowest BCUT2D eigenvalue weighted by atomic mass is 9.88. The minimum Gasteiger partial charge on any atom is -0.400 e. The molecule has 0 atom stereocenters. The summed E-state index contributed by atoms with van der Waals surface area (Å²) in [7, 11) is -0.334. The Bertz CT molecular complexity index is 496. The van der Waals surface area contributed by atoms with E-state index in [2.05, 4.69) is 4.98 Å². The van der Waals surface area contributed by atoms with Gasteiger partial charge in [-0.15, -0.1) is 0 Å². The molecule has 0 saturated carbocycles. The van der Waals surface area contributed by atoms with Crippen LogP contribution in [0.5, 0.6) is 0 Å². The smallest absolute Gasteiger partial charge is 0.400 e. The molecule has 0 bridgehead atoms. The second-order valence-electron chi connectivity index (χ2n) is 5.89. The maximum Gasteiger partial charge on any atom is 0.487 e. The van der Waals surface area contributed by atoms with E-state index in [1.54, 1.807) is 6.20 Å². The standard InChI is InChI=1S/C14H21BN2O2/c1-10-11(7-9-17-12(10)16)6-8-15-18-13(2,3)14(4,5)19-15/h6-9H,1-5H3,(H2,16,17)/b8-6+. The van der Waals surface area contributed by atoms with Crippen molar-refractivity contribution >= 4 is 19.0 Å². The van der Waals surface area contributed by atoms with Crippen LogP contribution in [0.1, 0.15) is 38.8 Å². The molecule has 0 spiro atoms. The average molecular weight is 260 g/mol. The molecule has 1 aromatic heterocycles. The van der Waals surface area contributed by atoms with Gasteiger partial charge in [0.1, 0.15) is 5.82 Å². The van der Waals surface area contributed by atoms with Gasteiger partial charge in [-0.05, 0) is 51.8 Å². The van der Waals surface area contributed by atoms with Crippen molar-refractivity contribution in [3.05, 3.63) is 29.4 Å². The molecule has 0 unspecified atom stereocenters. The van der Waals surface area contributed by atoms with Crippen molar-refractivity contribution in [1.29, 1.82) is 0 Å². The Morgan fingerprint density at radius 1 is 1.21 bits per heavy atom. The Hall–Kier alpha value is -1.33. The van der Waals surface area contributed by atoms with Gasteiger partial charge in [-0.25, -0.2) is 4.98 Å². The van der Waals surface area contributed by atoms with Gasteiger partial charge in [-0.1, -0.05) is 12.1 Å². The zero-order valence-electron chi connectivity index (χ0n) is 12.2. The van der Waals surface area contributed by atoms with E-state index in [1.165, 1.54) is 0 Å². The number of hydrogen-bond acceptors (Lipinski definition) is 4. The third kappa shape index (κ3) is 2.67. The van der Waals surface area contributed by atoms with Crippen LogP contribution >= 0.6 is 0 Å². The first kappa shape index (κ1) is 14.1. The summed E-state index contributed by atoms with van der Waals surface area (Å²) in [6.07, 6.45) is 3.67. The van der Waals surface area contributed by atoms with Gasteiger partial charge in [0.15, 0.2) is 0 Å². The van der Waals surface area contributed by atoms with Crippen LogP contribution in [0.15, 0.2) is 18.2 Å². The normalized spacial score (nSPS) is 21.2. The number of rotatable bonds is 2. The molecule has 2 N–H and O–H groups in total. The van der Waals surface area contributed by atoms with Crippen molar-refractivity contribution in [3.63, 3.8) is 0 Å². The molecule has 2 rings (SSSR count). The number of hydrogen-bond donors (Lipinski definition) is 1. The SMILES string of the molecule is Cc1c(/C=C/B2OC(C)(C)C(C)(C)O2)ccnc1N. The number of nitrogens with zero attached hydrogens (tertiary/aromatic N) is 1. The zero-order chi connectivity index (χ0) is 14.3. The molecule has 1 aliphatic rings. The maximum absolute atomic E-state index is 5.90. The van der Waals surface area contributed by atoms with E-state index in [1.807, 2.05) is 52.7 Å². The summed E-state index contributed by atoms with van der Waals surface area (Å²) in [6.45, 7) is 10.1. The topological polar surface area (TPSA) is 57.4 Å². The summed E-state index contributed by atoms with van der Waals surface area (Å²) in [5.41, 5.74) is 7.16. The van der Waals surface area contributed by atoms with Gasteiger partial charge in [0.2, 0.25) is 0 Å². The van der Waals surface area contributed by atoms with Crippen LogP contribution in [0.3, 0.4) is 0 Å². The Balaban J connectivity index is 2.15. The summed E-state index contributed by atoms with van der Waals surface area (Å²) < 4.78 is 11.8. The lowest BCUT2D eigenvalue weighted by Gasteiger charge is -2.32. The van der Waals surface area contributed by atoms with Gasteiger partial charge in [0.25, 0.3) is 0 Å². The van der Waals surface area contributed by atoms with Crippen molar-refractivity contribution in [3.8, 4) is 0 Å². The third-order valence-corrected chi connectivity index (χ3v) is 3.99. The van der Waals surface area contributed by atoms with E-state index in [-0.39, 0.29) is 18.3 Å². The molecular weight excluding hydrogens is 239 g/mol. The van der Waals surface area contributed by atoms with Crippen molar-refractivity contribution in [1.82, 2.24) is 4.98 Å². The molecule has 1 aromatic rings. The van der Waals surface area contributed by atoms with Crippen molar-refractivity contribution < 1.29 is 9.31 Å². The minimum absolute atomic E-state index is 0.311. The van der Waals surface area contributed by atoms with E-state index in [9.17, 15) is 0 Å². The molecule has 0 aliphatic carbocycles.